The third-order valence-corrected chi connectivity index (χ3v) is 5.61. The lowest BCUT2D eigenvalue weighted by atomic mass is 10.4. The number of sulfonamides is 1. The lowest BCUT2D eigenvalue weighted by molar-refractivity contribution is -0.116. The van der Waals surface area contributed by atoms with Crippen molar-refractivity contribution in [1.82, 2.24) is 13.9 Å². The zero-order valence-electron chi connectivity index (χ0n) is 14.0. The van der Waals surface area contributed by atoms with Gasteiger partial charge in [-0.3, -0.25) is 14.6 Å². The zero-order chi connectivity index (χ0) is 18.4. The summed E-state index contributed by atoms with van der Waals surface area (Å²) in [7, 11) is -3.70. The molecule has 2 aromatic heterocycles. The molecule has 2 rings (SSSR count). The fourth-order valence-corrected chi connectivity index (χ4v) is 3.77. The molecule has 0 bridgehead atoms. The zero-order valence-corrected chi connectivity index (χ0v) is 14.9. The van der Waals surface area contributed by atoms with Crippen molar-refractivity contribution >= 4 is 21.6 Å². The van der Waals surface area contributed by atoms with Gasteiger partial charge in [0.05, 0.1) is 4.90 Å². The number of hydrogen-bond donors (Lipinski definition) is 1. The smallest absolute Gasteiger partial charge is 0.251 e. The molecule has 0 radical (unpaired) electrons. The molecular formula is C16H20N4O4S. The molecule has 2 aromatic rings. The molecule has 0 unspecified atom stereocenters. The van der Waals surface area contributed by atoms with Crippen LogP contribution in [0.4, 0.5) is 5.69 Å². The van der Waals surface area contributed by atoms with E-state index in [0.29, 0.717) is 18.8 Å². The van der Waals surface area contributed by atoms with Crippen LogP contribution in [0, 0.1) is 0 Å². The normalized spacial score (nSPS) is 11.5. The van der Waals surface area contributed by atoms with E-state index in [1.165, 1.54) is 29.0 Å². The Morgan fingerprint density at radius 1 is 1.16 bits per heavy atom. The monoisotopic (exact) mass is 364 g/mol. The first kappa shape index (κ1) is 18.8. The number of amides is 1. The van der Waals surface area contributed by atoms with Gasteiger partial charge in [0.25, 0.3) is 5.56 Å². The Hall–Kier alpha value is -2.52. The maximum Gasteiger partial charge on any atom is 0.251 e. The number of nitrogens with zero attached hydrogens (tertiary/aromatic N) is 3. The fourth-order valence-electron chi connectivity index (χ4n) is 2.29. The summed E-state index contributed by atoms with van der Waals surface area (Å²) in [5.41, 5.74) is 0.0864. The number of rotatable bonds is 7. The lowest BCUT2D eigenvalue weighted by Gasteiger charge is -2.19. The molecule has 0 aliphatic rings. The second-order valence-electron chi connectivity index (χ2n) is 5.20. The van der Waals surface area contributed by atoms with Crippen molar-refractivity contribution in [3.63, 3.8) is 0 Å². The largest absolute Gasteiger partial charge is 0.324 e. The number of anilines is 1. The number of carbonyl (C=O) groups excluding carboxylic acids is 1. The number of carbonyl (C=O) groups is 1. The molecule has 0 spiro atoms. The second-order valence-corrected chi connectivity index (χ2v) is 7.14. The van der Waals surface area contributed by atoms with E-state index in [1.54, 1.807) is 26.0 Å². The molecule has 9 heteroatoms. The van der Waals surface area contributed by atoms with Crippen molar-refractivity contribution < 1.29 is 13.2 Å². The molecule has 0 aromatic carbocycles. The van der Waals surface area contributed by atoms with Crippen molar-refractivity contribution in [2.45, 2.75) is 25.3 Å². The van der Waals surface area contributed by atoms with Gasteiger partial charge in [-0.25, -0.2) is 8.42 Å². The van der Waals surface area contributed by atoms with Crippen LogP contribution in [0.25, 0.3) is 0 Å². The minimum atomic E-state index is -3.70. The van der Waals surface area contributed by atoms with Gasteiger partial charge < -0.3 is 9.88 Å². The highest BCUT2D eigenvalue weighted by molar-refractivity contribution is 7.89. The summed E-state index contributed by atoms with van der Waals surface area (Å²) in [6.07, 6.45) is 4.25. The van der Waals surface area contributed by atoms with Crippen LogP contribution in [0.1, 0.15) is 13.8 Å². The molecule has 134 valence electrons. The van der Waals surface area contributed by atoms with E-state index in [0.717, 1.165) is 10.6 Å². The van der Waals surface area contributed by atoms with Crippen LogP contribution in [0.15, 0.2) is 52.5 Å². The summed E-state index contributed by atoms with van der Waals surface area (Å²) in [5, 5.41) is 2.62. The lowest BCUT2D eigenvalue weighted by Crippen LogP contribution is -2.33. The van der Waals surface area contributed by atoms with Crippen LogP contribution in [0.2, 0.25) is 0 Å². The van der Waals surface area contributed by atoms with Crippen LogP contribution in [-0.2, 0) is 21.4 Å². The van der Waals surface area contributed by atoms with Crippen LogP contribution in [-0.4, -0.2) is 41.3 Å². The maximum absolute atomic E-state index is 12.5. The molecule has 0 saturated carbocycles. The molecule has 2 heterocycles. The minimum Gasteiger partial charge on any atom is -0.324 e. The van der Waals surface area contributed by atoms with Crippen molar-refractivity contribution in [3.8, 4) is 0 Å². The first-order valence-electron chi connectivity index (χ1n) is 7.79. The number of nitrogens with one attached hydrogen (secondary N) is 1. The number of hydrogen-bond acceptors (Lipinski definition) is 5. The first-order valence-corrected chi connectivity index (χ1v) is 9.23. The van der Waals surface area contributed by atoms with Gasteiger partial charge in [0.15, 0.2) is 0 Å². The summed E-state index contributed by atoms with van der Waals surface area (Å²) >= 11 is 0. The van der Waals surface area contributed by atoms with E-state index < -0.39 is 21.5 Å². The Morgan fingerprint density at radius 2 is 1.80 bits per heavy atom. The Bertz CT molecular complexity index is 890. The minimum absolute atomic E-state index is 0.0208. The molecule has 0 saturated heterocycles. The van der Waals surface area contributed by atoms with Gasteiger partial charge in [0.1, 0.15) is 6.54 Å². The van der Waals surface area contributed by atoms with E-state index in [9.17, 15) is 18.0 Å². The Labute approximate surface area is 146 Å². The molecule has 0 aliphatic heterocycles. The number of aromatic nitrogens is 2. The summed E-state index contributed by atoms with van der Waals surface area (Å²) in [5.74, 6) is -0.439. The Morgan fingerprint density at radius 3 is 2.40 bits per heavy atom. The third kappa shape index (κ3) is 4.52. The summed E-state index contributed by atoms with van der Waals surface area (Å²) < 4.78 is 27.4. The third-order valence-electron chi connectivity index (χ3n) is 3.58. The second kappa shape index (κ2) is 8.04. The van der Waals surface area contributed by atoms with Crippen molar-refractivity contribution in [1.29, 1.82) is 0 Å². The SMILES string of the molecule is CCN(CC)S(=O)(=O)c1ccc(=O)n(CC(=O)Nc2ccncc2)c1. The number of pyridine rings is 2. The van der Waals surface area contributed by atoms with Crippen molar-refractivity contribution in [2.24, 2.45) is 0 Å². The Kier molecular flexibility index (Phi) is 6.05. The first-order chi connectivity index (χ1) is 11.9. The van der Waals surface area contributed by atoms with Crippen molar-refractivity contribution in [2.75, 3.05) is 18.4 Å². The highest BCUT2D eigenvalue weighted by Gasteiger charge is 2.22. The summed E-state index contributed by atoms with van der Waals surface area (Å²) in [6.45, 7) is 3.82. The summed E-state index contributed by atoms with van der Waals surface area (Å²) in [6, 6.07) is 5.63. The molecule has 0 aliphatic carbocycles. The predicted octanol–water partition coefficient (Wildman–Crippen LogP) is 0.912. The van der Waals surface area contributed by atoms with Gasteiger partial charge in [0, 0.05) is 43.4 Å². The van der Waals surface area contributed by atoms with Gasteiger partial charge >= 0.3 is 0 Å². The van der Waals surface area contributed by atoms with Gasteiger partial charge in [-0.15, -0.1) is 0 Å². The molecule has 0 atom stereocenters. The molecule has 1 amide bonds. The van der Waals surface area contributed by atoms with Crippen LogP contribution in [0.5, 0.6) is 0 Å². The fraction of sp³-hybridized carbons (Fsp3) is 0.312. The van der Waals surface area contributed by atoms with E-state index in [2.05, 4.69) is 10.3 Å². The standard InChI is InChI=1S/C16H20N4O4S/c1-3-20(4-2)25(23,24)14-5-6-16(22)19(11-14)12-15(21)18-13-7-9-17-10-8-13/h5-11H,3-4,12H2,1-2H3,(H,17,18,21). The van der Waals surface area contributed by atoms with Crippen LogP contribution in [0.3, 0.4) is 0 Å². The van der Waals surface area contributed by atoms with Gasteiger partial charge in [-0.05, 0) is 18.2 Å². The maximum atomic E-state index is 12.5. The molecule has 0 fully saturated rings. The predicted molar refractivity (Wildman–Crippen MR) is 93.7 cm³/mol. The van der Waals surface area contributed by atoms with Crippen LogP contribution >= 0.6 is 0 Å². The highest BCUT2D eigenvalue weighted by Crippen LogP contribution is 2.13. The molecular weight excluding hydrogens is 344 g/mol. The topological polar surface area (TPSA) is 101 Å². The van der Waals surface area contributed by atoms with Gasteiger partial charge in [0.2, 0.25) is 15.9 Å². The van der Waals surface area contributed by atoms with Gasteiger partial charge in [-0.2, -0.15) is 4.31 Å². The average molecular weight is 364 g/mol. The van der Waals surface area contributed by atoms with Crippen molar-refractivity contribution in [3.05, 3.63) is 53.2 Å². The quantitative estimate of drug-likeness (QED) is 0.787. The summed E-state index contributed by atoms with van der Waals surface area (Å²) in [4.78, 5) is 27.9. The van der Waals surface area contributed by atoms with E-state index in [4.69, 9.17) is 0 Å². The molecule has 25 heavy (non-hydrogen) atoms. The van der Waals surface area contributed by atoms with Crippen LogP contribution < -0.4 is 10.9 Å². The van der Waals surface area contributed by atoms with E-state index >= 15 is 0 Å². The Balaban J connectivity index is 2.25. The van der Waals surface area contributed by atoms with E-state index in [1.807, 2.05) is 0 Å². The van der Waals surface area contributed by atoms with E-state index in [-0.39, 0.29) is 11.4 Å². The average Bonchev–Trinajstić information content (AvgIpc) is 2.58. The highest BCUT2D eigenvalue weighted by atomic mass is 32.2. The molecule has 1 N–H and O–H groups in total. The van der Waals surface area contributed by atoms with Gasteiger partial charge in [-0.1, -0.05) is 13.8 Å². The molecule has 8 nitrogen and oxygen atoms in total.